The van der Waals surface area contributed by atoms with Crippen LogP contribution < -0.4 is 4.74 Å². The highest BCUT2D eigenvalue weighted by atomic mass is 35.5. The first-order chi connectivity index (χ1) is 9.58. The number of benzene rings is 2. The van der Waals surface area contributed by atoms with Gasteiger partial charge in [-0.15, -0.1) is 0 Å². The third kappa shape index (κ3) is 3.95. The van der Waals surface area contributed by atoms with Gasteiger partial charge in [0.2, 0.25) is 0 Å². The number of ether oxygens (including phenoxy) is 1. The monoisotopic (exact) mass is 294 g/mol. The molecule has 0 aromatic heterocycles. The lowest BCUT2D eigenvalue weighted by atomic mass is 10.0. The normalized spacial score (nSPS) is 12.2. The van der Waals surface area contributed by atoms with Crippen LogP contribution in [0.2, 0.25) is 5.02 Å². The molecule has 2 nitrogen and oxygen atoms in total. The molecule has 0 radical (unpaired) electrons. The summed E-state index contributed by atoms with van der Waals surface area (Å²) >= 11 is 5.84. The molecule has 2 aromatic carbocycles. The Hall–Kier alpha value is -1.58. The predicted molar refractivity (Wildman–Crippen MR) is 77.8 cm³/mol. The lowest BCUT2D eigenvalue weighted by Crippen LogP contribution is -2.15. The molecule has 0 aliphatic carbocycles. The Kier molecular flexibility index (Phi) is 4.99. The second-order valence-corrected chi connectivity index (χ2v) is 5.09. The minimum atomic E-state index is -0.671. The molecule has 4 heteroatoms. The Morgan fingerprint density at radius 2 is 2.00 bits per heavy atom. The van der Waals surface area contributed by atoms with Crippen LogP contribution in [0, 0.1) is 5.82 Å². The highest BCUT2D eigenvalue weighted by Crippen LogP contribution is 2.19. The van der Waals surface area contributed by atoms with Gasteiger partial charge in [0.05, 0.1) is 13.2 Å². The van der Waals surface area contributed by atoms with Crippen LogP contribution in [-0.4, -0.2) is 18.3 Å². The summed E-state index contributed by atoms with van der Waals surface area (Å²) in [6.45, 7) is 0. The Bertz CT molecular complexity index is 586. The molecule has 106 valence electrons. The molecule has 0 amide bonds. The van der Waals surface area contributed by atoms with E-state index in [0.29, 0.717) is 17.0 Å². The molecule has 0 aliphatic rings. The molecule has 1 N–H and O–H groups in total. The molecule has 0 fully saturated rings. The van der Waals surface area contributed by atoms with E-state index in [0.717, 1.165) is 11.3 Å². The molecule has 0 aliphatic heterocycles. The quantitative estimate of drug-likeness (QED) is 0.912. The molecular weight excluding hydrogens is 279 g/mol. The van der Waals surface area contributed by atoms with Crippen LogP contribution in [0.4, 0.5) is 4.39 Å². The minimum Gasteiger partial charge on any atom is -0.497 e. The third-order valence-corrected chi connectivity index (χ3v) is 3.30. The SMILES string of the molecule is COc1cccc(CC(O)Cc2cc(Cl)ccc2F)c1. The van der Waals surface area contributed by atoms with Crippen LogP contribution in [0.5, 0.6) is 5.75 Å². The lowest BCUT2D eigenvalue weighted by Gasteiger charge is -2.12. The van der Waals surface area contributed by atoms with Gasteiger partial charge >= 0.3 is 0 Å². The van der Waals surface area contributed by atoms with E-state index < -0.39 is 6.10 Å². The highest BCUT2D eigenvalue weighted by molar-refractivity contribution is 6.30. The summed E-state index contributed by atoms with van der Waals surface area (Å²) < 4.78 is 18.7. The Morgan fingerprint density at radius 1 is 1.20 bits per heavy atom. The van der Waals surface area contributed by atoms with Crippen molar-refractivity contribution in [1.29, 1.82) is 0 Å². The van der Waals surface area contributed by atoms with Crippen molar-refractivity contribution >= 4 is 11.6 Å². The van der Waals surface area contributed by atoms with Crippen molar-refractivity contribution in [2.75, 3.05) is 7.11 Å². The summed E-state index contributed by atoms with van der Waals surface area (Å²) in [5.74, 6) is 0.391. The average Bonchev–Trinajstić information content (AvgIpc) is 2.43. The largest absolute Gasteiger partial charge is 0.497 e. The van der Waals surface area contributed by atoms with E-state index >= 15 is 0 Å². The van der Waals surface area contributed by atoms with Crippen LogP contribution in [-0.2, 0) is 12.8 Å². The zero-order valence-corrected chi connectivity index (χ0v) is 11.9. The van der Waals surface area contributed by atoms with Gasteiger partial charge in [-0.1, -0.05) is 23.7 Å². The third-order valence-electron chi connectivity index (χ3n) is 3.07. The molecule has 20 heavy (non-hydrogen) atoms. The summed E-state index contributed by atoms with van der Waals surface area (Å²) in [7, 11) is 1.59. The molecular formula is C16H16ClFO2. The summed E-state index contributed by atoms with van der Waals surface area (Å²) in [5.41, 5.74) is 1.37. The van der Waals surface area contributed by atoms with E-state index in [2.05, 4.69) is 0 Å². The zero-order valence-electron chi connectivity index (χ0n) is 11.1. The van der Waals surface area contributed by atoms with Crippen molar-refractivity contribution in [2.45, 2.75) is 18.9 Å². The zero-order chi connectivity index (χ0) is 14.5. The van der Waals surface area contributed by atoms with Crippen molar-refractivity contribution in [3.8, 4) is 5.75 Å². The van der Waals surface area contributed by atoms with Gasteiger partial charge in [0, 0.05) is 11.4 Å². The maximum atomic E-state index is 13.6. The van der Waals surface area contributed by atoms with Crippen LogP contribution >= 0.6 is 11.6 Å². The molecule has 1 unspecified atom stereocenters. The predicted octanol–water partition coefficient (Wildman–Crippen LogP) is 3.63. The maximum Gasteiger partial charge on any atom is 0.126 e. The number of hydrogen-bond acceptors (Lipinski definition) is 2. The molecule has 2 aromatic rings. The topological polar surface area (TPSA) is 29.5 Å². The highest BCUT2D eigenvalue weighted by Gasteiger charge is 2.11. The second kappa shape index (κ2) is 6.73. The molecule has 0 spiro atoms. The fraction of sp³-hybridized carbons (Fsp3) is 0.250. The van der Waals surface area contributed by atoms with Gasteiger partial charge in [0.15, 0.2) is 0 Å². The molecule has 0 saturated carbocycles. The number of aliphatic hydroxyl groups excluding tert-OH is 1. The standard InChI is InChI=1S/C16H16ClFO2/c1-20-15-4-2-3-11(8-15)7-14(19)10-12-9-13(17)5-6-16(12)18/h2-6,8-9,14,19H,7,10H2,1H3. The first-order valence-electron chi connectivity index (χ1n) is 6.33. The molecule has 1 atom stereocenters. The van der Waals surface area contributed by atoms with E-state index in [4.69, 9.17) is 16.3 Å². The Labute approximate surface area is 122 Å². The number of halogens is 2. The Balaban J connectivity index is 2.04. The van der Waals surface area contributed by atoms with Gasteiger partial charge in [0.1, 0.15) is 11.6 Å². The van der Waals surface area contributed by atoms with E-state index in [1.807, 2.05) is 24.3 Å². The van der Waals surface area contributed by atoms with Crippen molar-refractivity contribution in [2.24, 2.45) is 0 Å². The van der Waals surface area contributed by atoms with Crippen LogP contribution in [0.1, 0.15) is 11.1 Å². The van der Waals surface area contributed by atoms with E-state index in [9.17, 15) is 9.50 Å². The Morgan fingerprint density at radius 3 is 2.75 bits per heavy atom. The maximum absolute atomic E-state index is 13.6. The van der Waals surface area contributed by atoms with Gasteiger partial charge < -0.3 is 9.84 Å². The van der Waals surface area contributed by atoms with Crippen molar-refractivity contribution in [3.05, 3.63) is 64.4 Å². The fourth-order valence-corrected chi connectivity index (χ4v) is 2.29. The number of rotatable bonds is 5. The number of methoxy groups -OCH3 is 1. The van der Waals surface area contributed by atoms with Gasteiger partial charge in [-0.3, -0.25) is 0 Å². The first-order valence-corrected chi connectivity index (χ1v) is 6.71. The molecule has 2 rings (SSSR count). The van der Waals surface area contributed by atoms with Crippen LogP contribution in [0.25, 0.3) is 0 Å². The molecule has 0 saturated heterocycles. The summed E-state index contributed by atoms with van der Waals surface area (Å²) in [6, 6.07) is 11.8. The minimum absolute atomic E-state index is 0.226. The van der Waals surface area contributed by atoms with Gasteiger partial charge in [-0.2, -0.15) is 0 Å². The summed E-state index contributed by atoms with van der Waals surface area (Å²) in [5, 5.41) is 10.6. The van der Waals surface area contributed by atoms with Gasteiger partial charge in [-0.25, -0.2) is 4.39 Å². The smallest absolute Gasteiger partial charge is 0.126 e. The number of aliphatic hydroxyl groups is 1. The van der Waals surface area contributed by atoms with E-state index in [-0.39, 0.29) is 12.2 Å². The van der Waals surface area contributed by atoms with Crippen LogP contribution in [0.15, 0.2) is 42.5 Å². The summed E-state index contributed by atoms with van der Waals surface area (Å²) in [4.78, 5) is 0. The van der Waals surface area contributed by atoms with Gasteiger partial charge in [-0.05, 0) is 47.9 Å². The second-order valence-electron chi connectivity index (χ2n) is 4.65. The van der Waals surface area contributed by atoms with Crippen molar-refractivity contribution in [3.63, 3.8) is 0 Å². The van der Waals surface area contributed by atoms with E-state index in [1.165, 1.54) is 12.1 Å². The fourth-order valence-electron chi connectivity index (χ4n) is 2.10. The molecule has 0 bridgehead atoms. The van der Waals surface area contributed by atoms with Crippen molar-refractivity contribution in [1.82, 2.24) is 0 Å². The first kappa shape index (κ1) is 14.8. The molecule has 0 heterocycles. The van der Waals surface area contributed by atoms with E-state index in [1.54, 1.807) is 13.2 Å². The average molecular weight is 295 g/mol. The number of hydrogen-bond donors (Lipinski definition) is 1. The van der Waals surface area contributed by atoms with Crippen molar-refractivity contribution < 1.29 is 14.2 Å². The van der Waals surface area contributed by atoms with Crippen LogP contribution in [0.3, 0.4) is 0 Å². The lowest BCUT2D eigenvalue weighted by molar-refractivity contribution is 0.174. The summed E-state index contributed by atoms with van der Waals surface area (Å²) in [6.07, 6.45) is -0.0117. The van der Waals surface area contributed by atoms with Gasteiger partial charge in [0.25, 0.3) is 0 Å².